The van der Waals surface area contributed by atoms with Gasteiger partial charge in [0.05, 0.1) is 26.5 Å². The fourth-order valence-electron chi connectivity index (χ4n) is 2.84. The Morgan fingerprint density at radius 1 is 1.21 bits per heavy atom. The number of aryl methyl sites for hydroxylation is 1. The van der Waals surface area contributed by atoms with Crippen LogP contribution >= 0.6 is 34.4 Å². The van der Waals surface area contributed by atoms with E-state index in [9.17, 15) is 8.42 Å². The second-order valence-corrected chi connectivity index (χ2v) is 10.5. The van der Waals surface area contributed by atoms with Crippen molar-refractivity contribution in [1.29, 1.82) is 0 Å². The van der Waals surface area contributed by atoms with Gasteiger partial charge >= 0.3 is 0 Å². The first-order chi connectivity index (χ1) is 13.5. The molecule has 0 aliphatic heterocycles. The zero-order valence-electron chi connectivity index (χ0n) is 15.0. The number of primary sulfonamides is 1. The van der Waals surface area contributed by atoms with E-state index in [0.717, 1.165) is 34.3 Å². The van der Waals surface area contributed by atoms with Crippen LogP contribution in [0, 0.1) is 0 Å². The van der Waals surface area contributed by atoms with Crippen molar-refractivity contribution in [1.82, 2.24) is 14.5 Å². The lowest BCUT2D eigenvalue weighted by molar-refractivity contribution is 0.598. The molecule has 1 aromatic carbocycles. The largest absolute Gasteiger partial charge is 0.319 e. The summed E-state index contributed by atoms with van der Waals surface area (Å²) in [5.41, 5.74) is 2.56. The number of benzene rings is 1. The Kier molecular flexibility index (Phi) is 5.57. The van der Waals surface area contributed by atoms with Crippen LogP contribution in [-0.4, -0.2) is 23.0 Å². The first-order valence-corrected chi connectivity index (χ1v) is 12.9. The second kappa shape index (κ2) is 7.96. The van der Waals surface area contributed by atoms with Crippen LogP contribution in [0.25, 0.3) is 20.9 Å². The SMILES string of the molecule is CCCn1c(SCc2csc(-c3cccs3)n2)nc2cc(S(N)(=O)=O)ccc21. The van der Waals surface area contributed by atoms with Gasteiger partial charge in [0.25, 0.3) is 0 Å². The van der Waals surface area contributed by atoms with Gasteiger partial charge in [0, 0.05) is 17.7 Å². The van der Waals surface area contributed by atoms with Gasteiger partial charge in [0.15, 0.2) is 5.16 Å². The van der Waals surface area contributed by atoms with E-state index in [0.29, 0.717) is 11.3 Å². The fraction of sp³-hybridized carbons (Fsp3) is 0.222. The highest BCUT2D eigenvalue weighted by atomic mass is 32.2. The first-order valence-electron chi connectivity index (χ1n) is 8.60. The van der Waals surface area contributed by atoms with Crippen LogP contribution in [-0.2, 0) is 22.3 Å². The van der Waals surface area contributed by atoms with Crippen molar-refractivity contribution in [3.05, 3.63) is 46.8 Å². The third-order valence-electron chi connectivity index (χ3n) is 4.09. The van der Waals surface area contributed by atoms with E-state index < -0.39 is 10.0 Å². The zero-order valence-corrected chi connectivity index (χ0v) is 18.3. The van der Waals surface area contributed by atoms with E-state index in [1.54, 1.807) is 46.6 Å². The number of rotatable bonds is 7. The molecule has 0 saturated heterocycles. The lowest BCUT2D eigenvalue weighted by Gasteiger charge is -2.06. The second-order valence-electron chi connectivity index (χ2n) is 6.15. The molecule has 0 amide bonds. The summed E-state index contributed by atoms with van der Waals surface area (Å²) in [5.74, 6) is 0.705. The molecule has 0 aliphatic rings. The van der Waals surface area contributed by atoms with Crippen molar-refractivity contribution < 1.29 is 8.42 Å². The Balaban J connectivity index is 1.61. The van der Waals surface area contributed by atoms with E-state index >= 15 is 0 Å². The Labute approximate surface area is 175 Å². The standard InChI is InChI=1S/C18H18N4O2S4/c1-2-7-22-15-6-5-13(28(19,23)24)9-14(15)21-18(22)27-11-12-10-26-17(20-12)16-4-3-8-25-16/h3-6,8-10H,2,7,11H2,1H3,(H2,19,23,24). The molecule has 0 radical (unpaired) electrons. The zero-order chi connectivity index (χ0) is 19.7. The number of thiazole rings is 1. The molecule has 0 spiro atoms. The number of hydrogen-bond acceptors (Lipinski definition) is 7. The highest BCUT2D eigenvalue weighted by Gasteiger charge is 2.15. The number of sulfonamides is 1. The van der Waals surface area contributed by atoms with Crippen LogP contribution in [0.1, 0.15) is 19.0 Å². The van der Waals surface area contributed by atoms with Crippen LogP contribution in [0.3, 0.4) is 0 Å². The van der Waals surface area contributed by atoms with Crippen molar-refractivity contribution in [2.45, 2.75) is 35.7 Å². The molecule has 6 nitrogen and oxygen atoms in total. The summed E-state index contributed by atoms with van der Waals surface area (Å²) in [6.07, 6.45) is 0.954. The lowest BCUT2D eigenvalue weighted by Crippen LogP contribution is -2.11. The molecule has 0 aliphatic carbocycles. The average Bonchev–Trinajstić information content (AvgIpc) is 3.39. The van der Waals surface area contributed by atoms with Crippen molar-refractivity contribution in [2.75, 3.05) is 0 Å². The number of aromatic nitrogens is 3. The van der Waals surface area contributed by atoms with E-state index in [4.69, 9.17) is 10.1 Å². The quantitative estimate of drug-likeness (QED) is 0.417. The summed E-state index contributed by atoms with van der Waals surface area (Å²) in [5, 5.41) is 11.3. The van der Waals surface area contributed by atoms with Gasteiger partial charge in [-0.05, 0) is 36.1 Å². The molecule has 0 saturated carbocycles. The first kappa shape index (κ1) is 19.6. The minimum Gasteiger partial charge on any atom is -0.319 e. The predicted octanol–water partition coefficient (Wildman–Crippen LogP) is 4.57. The molecule has 3 heterocycles. The minimum atomic E-state index is -3.75. The topological polar surface area (TPSA) is 90.9 Å². The van der Waals surface area contributed by atoms with Gasteiger partial charge in [0.1, 0.15) is 5.01 Å². The number of nitrogens with two attached hydrogens (primary N) is 1. The van der Waals surface area contributed by atoms with Crippen LogP contribution in [0.2, 0.25) is 0 Å². The predicted molar refractivity (Wildman–Crippen MR) is 116 cm³/mol. The highest BCUT2D eigenvalue weighted by molar-refractivity contribution is 7.98. The highest BCUT2D eigenvalue weighted by Crippen LogP contribution is 2.32. The van der Waals surface area contributed by atoms with Crippen LogP contribution in [0.4, 0.5) is 0 Å². The van der Waals surface area contributed by atoms with E-state index in [2.05, 4.69) is 27.9 Å². The van der Waals surface area contributed by atoms with Crippen molar-refractivity contribution in [2.24, 2.45) is 5.14 Å². The van der Waals surface area contributed by atoms with Gasteiger partial charge in [-0.3, -0.25) is 0 Å². The summed E-state index contributed by atoms with van der Waals surface area (Å²) in [4.78, 5) is 10.6. The van der Waals surface area contributed by atoms with E-state index in [1.165, 1.54) is 10.9 Å². The summed E-state index contributed by atoms with van der Waals surface area (Å²) in [6.45, 7) is 2.91. The summed E-state index contributed by atoms with van der Waals surface area (Å²) < 4.78 is 25.4. The maximum atomic E-state index is 11.6. The maximum absolute atomic E-state index is 11.6. The third kappa shape index (κ3) is 4.01. The molecule has 0 fully saturated rings. The van der Waals surface area contributed by atoms with Crippen LogP contribution in [0.15, 0.2) is 51.1 Å². The van der Waals surface area contributed by atoms with E-state index in [1.807, 2.05) is 11.4 Å². The number of imidazole rings is 1. The molecule has 0 bridgehead atoms. The minimum absolute atomic E-state index is 0.0813. The molecule has 10 heteroatoms. The monoisotopic (exact) mass is 450 g/mol. The molecule has 4 aromatic rings. The summed E-state index contributed by atoms with van der Waals surface area (Å²) in [6, 6.07) is 8.95. The Bertz CT molecular complexity index is 1210. The van der Waals surface area contributed by atoms with Gasteiger partial charge in [-0.2, -0.15) is 0 Å². The number of hydrogen-bond donors (Lipinski definition) is 1. The maximum Gasteiger partial charge on any atom is 0.238 e. The lowest BCUT2D eigenvalue weighted by atomic mass is 10.3. The molecular formula is C18H18N4O2S4. The molecule has 3 aromatic heterocycles. The Hall–Kier alpha value is -1.72. The van der Waals surface area contributed by atoms with Crippen LogP contribution in [0.5, 0.6) is 0 Å². The molecule has 4 rings (SSSR count). The van der Waals surface area contributed by atoms with Gasteiger partial charge in [-0.15, -0.1) is 22.7 Å². The summed E-state index contributed by atoms with van der Waals surface area (Å²) >= 11 is 4.94. The molecular weight excluding hydrogens is 432 g/mol. The Morgan fingerprint density at radius 3 is 2.79 bits per heavy atom. The smallest absolute Gasteiger partial charge is 0.238 e. The van der Waals surface area contributed by atoms with Crippen molar-refractivity contribution >= 4 is 55.5 Å². The van der Waals surface area contributed by atoms with Crippen molar-refractivity contribution in [3.8, 4) is 9.88 Å². The molecule has 28 heavy (non-hydrogen) atoms. The Morgan fingerprint density at radius 2 is 2.07 bits per heavy atom. The third-order valence-corrected chi connectivity index (χ3v) is 7.94. The molecule has 0 unspecified atom stereocenters. The fourth-order valence-corrected chi connectivity index (χ4v) is 6.05. The van der Waals surface area contributed by atoms with Gasteiger partial charge < -0.3 is 4.57 Å². The molecule has 146 valence electrons. The normalized spacial score (nSPS) is 12.1. The van der Waals surface area contributed by atoms with E-state index in [-0.39, 0.29) is 4.90 Å². The van der Waals surface area contributed by atoms with Gasteiger partial charge in [-0.1, -0.05) is 24.8 Å². The number of thioether (sulfide) groups is 1. The average molecular weight is 451 g/mol. The number of fused-ring (bicyclic) bond motifs is 1. The summed E-state index contributed by atoms with van der Waals surface area (Å²) in [7, 11) is -3.75. The number of nitrogens with zero attached hydrogens (tertiary/aromatic N) is 3. The van der Waals surface area contributed by atoms with Gasteiger partial charge in [-0.25, -0.2) is 23.5 Å². The van der Waals surface area contributed by atoms with Crippen LogP contribution < -0.4 is 5.14 Å². The molecule has 2 N–H and O–H groups in total. The van der Waals surface area contributed by atoms with Crippen molar-refractivity contribution in [3.63, 3.8) is 0 Å². The molecule has 0 atom stereocenters. The van der Waals surface area contributed by atoms with Gasteiger partial charge in [0.2, 0.25) is 10.0 Å². The number of thiophene rings is 1.